The maximum absolute atomic E-state index is 13.2. The number of thioether (sulfide) groups is 1. The average Bonchev–Trinajstić information content (AvgIpc) is 2.60. The highest BCUT2D eigenvalue weighted by Crippen LogP contribution is 2.27. The molecule has 0 aromatic heterocycles. The molecule has 86 valence electrons. The number of halogens is 2. The molecule has 1 N–H and O–H groups in total. The summed E-state index contributed by atoms with van der Waals surface area (Å²) in [7, 11) is 0. The Bertz CT molecular complexity index is 448. The van der Waals surface area contributed by atoms with Gasteiger partial charge in [-0.15, -0.1) is 0 Å². The second-order valence-corrected chi connectivity index (χ2v) is 6.06. The maximum Gasteiger partial charge on any atom is 0.161 e. The molecule has 0 bridgehead atoms. The summed E-state index contributed by atoms with van der Waals surface area (Å²) in [5, 5.41) is 4.66. The van der Waals surface area contributed by atoms with Crippen LogP contribution in [-0.2, 0) is 0 Å². The van der Waals surface area contributed by atoms with Gasteiger partial charge < -0.3 is 5.32 Å². The van der Waals surface area contributed by atoms with Crippen LogP contribution in [0, 0.1) is 12.7 Å². The van der Waals surface area contributed by atoms with Crippen molar-refractivity contribution in [3.63, 3.8) is 0 Å². The van der Waals surface area contributed by atoms with Crippen molar-refractivity contribution in [1.82, 2.24) is 0 Å². The van der Waals surface area contributed by atoms with Gasteiger partial charge in [0.1, 0.15) is 5.82 Å². The van der Waals surface area contributed by atoms with Gasteiger partial charge in [0.05, 0.1) is 11.0 Å². The normalized spacial score (nSPS) is 19.8. The first-order valence-corrected chi connectivity index (χ1v) is 6.67. The number of nitrogens with zero attached hydrogens (tertiary/aromatic N) is 1. The average molecular weight is 303 g/mol. The van der Waals surface area contributed by atoms with E-state index in [0.29, 0.717) is 9.72 Å². The van der Waals surface area contributed by atoms with Gasteiger partial charge in [-0.2, -0.15) is 0 Å². The quantitative estimate of drug-likeness (QED) is 0.853. The number of anilines is 1. The molecule has 0 fully saturated rings. The largest absolute Gasteiger partial charge is 0.335 e. The van der Waals surface area contributed by atoms with Gasteiger partial charge in [-0.3, -0.25) is 4.99 Å². The van der Waals surface area contributed by atoms with E-state index in [4.69, 9.17) is 0 Å². The maximum atomic E-state index is 13.2. The topological polar surface area (TPSA) is 24.4 Å². The van der Waals surface area contributed by atoms with Gasteiger partial charge in [0.15, 0.2) is 5.17 Å². The Hall–Kier alpha value is -0.550. The molecule has 0 saturated heterocycles. The van der Waals surface area contributed by atoms with Crippen LogP contribution in [-0.4, -0.2) is 17.0 Å². The second kappa shape index (κ2) is 4.75. The molecular weight excluding hydrogens is 291 g/mol. The van der Waals surface area contributed by atoms with Crippen molar-refractivity contribution >= 4 is 38.5 Å². The third-order valence-electron chi connectivity index (χ3n) is 2.31. The summed E-state index contributed by atoms with van der Waals surface area (Å²) in [5.41, 5.74) is 1.78. The monoisotopic (exact) mass is 302 g/mol. The fourth-order valence-corrected chi connectivity index (χ4v) is 2.63. The first kappa shape index (κ1) is 11.9. The summed E-state index contributed by atoms with van der Waals surface area (Å²) in [4.78, 5) is 4.36. The predicted octanol–water partition coefficient (Wildman–Crippen LogP) is 3.80. The molecule has 2 rings (SSSR count). The molecule has 0 radical (unpaired) electrons. The molecule has 5 heteroatoms. The molecule has 16 heavy (non-hydrogen) atoms. The van der Waals surface area contributed by atoms with Crippen LogP contribution in [0.25, 0.3) is 0 Å². The Kier molecular flexibility index (Phi) is 3.54. The highest BCUT2D eigenvalue weighted by Gasteiger charge is 2.16. The van der Waals surface area contributed by atoms with Gasteiger partial charge in [-0.25, -0.2) is 4.39 Å². The standard InChI is InChI=1S/C11H12BrFN2S/c1-6-3-9(13)8(12)4-10(6)15-11-14-5-7(2)16-11/h3-4,7H,5H2,1-2H3,(H,14,15). The molecule has 1 aromatic carbocycles. The summed E-state index contributed by atoms with van der Waals surface area (Å²) in [6.45, 7) is 4.85. The fourth-order valence-electron chi connectivity index (χ4n) is 1.44. The zero-order valence-electron chi connectivity index (χ0n) is 9.05. The van der Waals surface area contributed by atoms with E-state index in [0.717, 1.165) is 23.0 Å². The van der Waals surface area contributed by atoms with Crippen LogP contribution in [0.5, 0.6) is 0 Å². The van der Waals surface area contributed by atoms with Crippen LogP contribution in [0.3, 0.4) is 0 Å². The van der Waals surface area contributed by atoms with Crippen LogP contribution in [0.1, 0.15) is 12.5 Å². The van der Waals surface area contributed by atoms with Gasteiger partial charge in [-0.05, 0) is 40.5 Å². The summed E-state index contributed by atoms with van der Waals surface area (Å²) >= 11 is 4.89. The Morgan fingerprint density at radius 1 is 1.56 bits per heavy atom. The van der Waals surface area contributed by atoms with Crippen molar-refractivity contribution < 1.29 is 4.39 Å². The number of amidine groups is 1. The van der Waals surface area contributed by atoms with Crippen molar-refractivity contribution in [3.05, 3.63) is 28.0 Å². The zero-order chi connectivity index (χ0) is 11.7. The third-order valence-corrected chi connectivity index (χ3v) is 3.93. The second-order valence-electron chi connectivity index (χ2n) is 3.78. The number of nitrogens with one attached hydrogen (secondary N) is 1. The van der Waals surface area contributed by atoms with E-state index in [1.807, 2.05) is 6.92 Å². The number of benzene rings is 1. The molecule has 2 nitrogen and oxygen atoms in total. The molecule has 1 aromatic rings. The van der Waals surface area contributed by atoms with Crippen molar-refractivity contribution in [2.45, 2.75) is 19.1 Å². The number of aliphatic imine (C=N–C) groups is 1. The summed E-state index contributed by atoms with van der Waals surface area (Å²) in [6, 6.07) is 3.26. The van der Waals surface area contributed by atoms with Crippen molar-refractivity contribution in [2.75, 3.05) is 11.9 Å². The number of hydrogen-bond donors (Lipinski definition) is 1. The third kappa shape index (κ3) is 2.58. The highest BCUT2D eigenvalue weighted by molar-refractivity contribution is 9.10. The van der Waals surface area contributed by atoms with E-state index in [-0.39, 0.29) is 5.82 Å². The van der Waals surface area contributed by atoms with Crippen molar-refractivity contribution in [1.29, 1.82) is 0 Å². The summed E-state index contributed by atoms with van der Waals surface area (Å²) in [5.74, 6) is -0.238. The smallest absolute Gasteiger partial charge is 0.161 e. The lowest BCUT2D eigenvalue weighted by Crippen LogP contribution is -2.07. The number of hydrogen-bond acceptors (Lipinski definition) is 3. The highest BCUT2D eigenvalue weighted by atomic mass is 79.9. The SMILES string of the molecule is Cc1cc(F)c(Br)cc1NC1=NCC(C)S1. The molecule has 1 aliphatic rings. The lowest BCUT2D eigenvalue weighted by Gasteiger charge is -2.10. The zero-order valence-corrected chi connectivity index (χ0v) is 11.5. The van der Waals surface area contributed by atoms with Crippen LogP contribution in [0.2, 0.25) is 0 Å². The van der Waals surface area contributed by atoms with Gasteiger partial charge in [0.2, 0.25) is 0 Å². The Labute approximate surface area is 107 Å². The van der Waals surface area contributed by atoms with Crippen LogP contribution >= 0.6 is 27.7 Å². The Balaban J connectivity index is 2.19. The van der Waals surface area contributed by atoms with Crippen LogP contribution in [0.4, 0.5) is 10.1 Å². The number of rotatable bonds is 1. The van der Waals surface area contributed by atoms with Crippen LogP contribution in [0.15, 0.2) is 21.6 Å². The van der Waals surface area contributed by atoms with Gasteiger partial charge in [0.25, 0.3) is 0 Å². The minimum atomic E-state index is -0.238. The first-order chi connectivity index (χ1) is 7.56. The molecular formula is C11H12BrFN2S. The lowest BCUT2D eigenvalue weighted by atomic mass is 10.2. The Morgan fingerprint density at radius 3 is 2.94 bits per heavy atom. The first-order valence-electron chi connectivity index (χ1n) is 5.00. The molecule has 1 unspecified atom stereocenters. The molecule has 1 atom stereocenters. The van der Waals surface area contributed by atoms with Crippen molar-refractivity contribution in [3.8, 4) is 0 Å². The molecule has 1 heterocycles. The minimum absolute atomic E-state index is 0.238. The van der Waals surface area contributed by atoms with Crippen molar-refractivity contribution in [2.24, 2.45) is 4.99 Å². The Morgan fingerprint density at radius 2 is 2.31 bits per heavy atom. The molecule has 0 aliphatic carbocycles. The molecule has 0 spiro atoms. The van der Waals surface area contributed by atoms with E-state index in [9.17, 15) is 4.39 Å². The molecule has 0 saturated carbocycles. The minimum Gasteiger partial charge on any atom is -0.335 e. The fraction of sp³-hybridized carbons (Fsp3) is 0.364. The summed E-state index contributed by atoms with van der Waals surface area (Å²) in [6.07, 6.45) is 0. The molecule has 0 amide bonds. The lowest BCUT2D eigenvalue weighted by molar-refractivity contribution is 0.620. The van der Waals surface area contributed by atoms with E-state index in [2.05, 4.69) is 33.2 Å². The molecule has 1 aliphatic heterocycles. The van der Waals surface area contributed by atoms with E-state index in [1.54, 1.807) is 17.8 Å². The van der Waals surface area contributed by atoms with E-state index >= 15 is 0 Å². The van der Waals surface area contributed by atoms with Gasteiger partial charge in [0, 0.05) is 10.9 Å². The van der Waals surface area contributed by atoms with Gasteiger partial charge >= 0.3 is 0 Å². The van der Waals surface area contributed by atoms with Gasteiger partial charge in [-0.1, -0.05) is 18.7 Å². The van der Waals surface area contributed by atoms with E-state index < -0.39 is 0 Å². The number of aryl methyl sites for hydroxylation is 1. The summed E-state index contributed by atoms with van der Waals surface area (Å²) < 4.78 is 13.7. The van der Waals surface area contributed by atoms with Crippen LogP contribution < -0.4 is 5.32 Å². The van der Waals surface area contributed by atoms with E-state index in [1.165, 1.54) is 6.07 Å². The predicted molar refractivity (Wildman–Crippen MR) is 71.8 cm³/mol.